The third-order valence-electron chi connectivity index (χ3n) is 7.86. The van der Waals surface area contributed by atoms with Crippen LogP contribution in [0.5, 0.6) is 5.75 Å². The topological polar surface area (TPSA) is 98.7 Å². The Labute approximate surface area is 199 Å². The summed E-state index contributed by atoms with van der Waals surface area (Å²) < 4.78 is 39.9. The summed E-state index contributed by atoms with van der Waals surface area (Å²) in [4.78, 5) is 14.8. The van der Waals surface area contributed by atoms with Gasteiger partial charge in [0.1, 0.15) is 11.6 Å². The van der Waals surface area contributed by atoms with Gasteiger partial charge < -0.3 is 10.4 Å². The van der Waals surface area contributed by atoms with E-state index in [1.165, 1.54) is 18.4 Å². The van der Waals surface area contributed by atoms with E-state index in [2.05, 4.69) is 17.1 Å². The van der Waals surface area contributed by atoms with Crippen LogP contribution in [0.15, 0.2) is 47.4 Å². The first kappa shape index (κ1) is 23.1. The summed E-state index contributed by atoms with van der Waals surface area (Å²) in [6.45, 7) is 4.49. The lowest BCUT2D eigenvalue weighted by molar-refractivity contribution is 0.218. The fraction of sp³-hybridized carbons (Fsp3) is 0.480. The average Bonchev–Trinajstić information content (AvgIpc) is 3.57. The Morgan fingerprint density at radius 1 is 1.21 bits per heavy atom. The molecule has 1 saturated heterocycles. The molecule has 2 aromatic rings. The van der Waals surface area contributed by atoms with Crippen molar-refractivity contribution in [2.75, 3.05) is 19.6 Å². The van der Waals surface area contributed by atoms with Crippen molar-refractivity contribution < 1.29 is 22.7 Å². The van der Waals surface area contributed by atoms with E-state index < -0.39 is 21.9 Å². The summed E-state index contributed by atoms with van der Waals surface area (Å²) in [5.74, 6) is 0.788. The highest BCUT2D eigenvalue weighted by atomic mass is 32.2. The van der Waals surface area contributed by atoms with Crippen LogP contribution < -0.4 is 10.0 Å². The number of sulfonamides is 1. The summed E-state index contributed by atoms with van der Waals surface area (Å²) in [5.41, 5.74) is 2.15. The van der Waals surface area contributed by atoms with Crippen LogP contribution in [0, 0.1) is 17.7 Å². The Morgan fingerprint density at radius 2 is 1.94 bits per heavy atom. The molecule has 7 nitrogen and oxygen atoms in total. The molecule has 3 N–H and O–H groups in total. The van der Waals surface area contributed by atoms with E-state index in [1.54, 1.807) is 6.07 Å². The first-order valence-electron chi connectivity index (χ1n) is 11.8. The fourth-order valence-electron chi connectivity index (χ4n) is 5.88. The van der Waals surface area contributed by atoms with E-state index in [0.29, 0.717) is 18.4 Å². The number of hydrogen-bond acceptors (Lipinski definition) is 5. The van der Waals surface area contributed by atoms with E-state index in [4.69, 9.17) is 0 Å². The number of halogens is 1. The van der Waals surface area contributed by atoms with Crippen LogP contribution in [-0.4, -0.2) is 50.1 Å². The molecule has 1 saturated carbocycles. The number of phenols is 1. The number of benzene rings is 2. The van der Waals surface area contributed by atoms with Crippen LogP contribution >= 0.6 is 0 Å². The summed E-state index contributed by atoms with van der Waals surface area (Å²) in [6.07, 6.45) is 4.15. The standard InChI is InChI=1S/C25H30FN3O4S/c1-16-23-12-18-4-7-20(30)13-22(18)25(16,15-29(23)14-17-2-3-17)10-11-27-24(31)28-34(32,33)21-8-5-19(26)6-9-21/h4-9,13,16-17,23,30H,2-3,10-12,14-15H2,1H3,(H2,27,28,31)/t16-,23+,25-/m0/s1. The Morgan fingerprint density at radius 3 is 2.65 bits per heavy atom. The molecular formula is C25H30FN3O4S. The zero-order chi connectivity index (χ0) is 24.1. The monoisotopic (exact) mass is 487 g/mol. The van der Waals surface area contributed by atoms with Gasteiger partial charge in [0.2, 0.25) is 0 Å². The molecule has 0 spiro atoms. The molecule has 0 aromatic heterocycles. The van der Waals surface area contributed by atoms with Crippen molar-refractivity contribution >= 4 is 16.1 Å². The van der Waals surface area contributed by atoms with E-state index in [-0.39, 0.29) is 22.6 Å². The number of likely N-dealkylation sites (tertiary alicyclic amines) is 1. The molecule has 2 amide bonds. The van der Waals surface area contributed by atoms with Crippen LogP contribution in [0.1, 0.15) is 37.3 Å². The maximum Gasteiger partial charge on any atom is 0.328 e. The molecule has 2 bridgehead atoms. The number of aromatic hydroxyl groups is 1. The molecule has 0 unspecified atom stereocenters. The van der Waals surface area contributed by atoms with Crippen LogP contribution in [0.4, 0.5) is 9.18 Å². The Balaban J connectivity index is 1.30. The van der Waals surface area contributed by atoms with Crippen molar-refractivity contribution in [3.8, 4) is 5.75 Å². The lowest BCUT2D eigenvalue weighted by atomic mass is 9.63. The number of carbonyl (C=O) groups is 1. The molecule has 2 aromatic carbocycles. The van der Waals surface area contributed by atoms with Crippen molar-refractivity contribution in [2.24, 2.45) is 11.8 Å². The lowest BCUT2D eigenvalue weighted by Crippen LogP contribution is -2.45. The summed E-state index contributed by atoms with van der Waals surface area (Å²) >= 11 is 0. The highest BCUT2D eigenvalue weighted by Gasteiger charge is 2.55. The number of amides is 2. The summed E-state index contributed by atoms with van der Waals surface area (Å²) in [6, 6.07) is 9.51. The number of phenolic OH excluding ortho intramolecular Hbond substituents is 1. The number of urea groups is 1. The zero-order valence-corrected chi connectivity index (χ0v) is 19.9. The fourth-order valence-corrected chi connectivity index (χ4v) is 6.81. The second-order valence-corrected chi connectivity index (χ2v) is 11.7. The highest BCUT2D eigenvalue weighted by Crippen LogP contribution is 2.52. The zero-order valence-electron chi connectivity index (χ0n) is 19.1. The molecule has 0 radical (unpaired) electrons. The molecule has 1 aliphatic heterocycles. The van der Waals surface area contributed by atoms with Crippen molar-refractivity contribution in [3.05, 3.63) is 59.4 Å². The SMILES string of the molecule is C[C@H]1[C@H]2Cc3ccc(O)cc3[C@@]1(CCNC(=O)NS(=O)(=O)c1ccc(F)cc1)CN2CC1CC1. The average molecular weight is 488 g/mol. The number of rotatable bonds is 7. The first-order chi connectivity index (χ1) is 16.2. The third-order valence-corrected chi connectivity index (χ3v) is 9.21. The lowest BCUT2D eigenvalue weighted by Gasteiger charge is -2.40. The summed E-state index contributed by atoms with van der Waals surface area (Å²) in [7, 11) is -4.09. The maximum absolute atomic E-state index is 13.1. The van der Waals surface area contributed by atoms with E-state index in [1.807, 2.05) is 16.9 Å². The van der Waals surface area contributed by atoms with Gasteiger partial charge in [0.15, 0.2) is 0 Å². The van der Waals surface area contributed by atoms with E-state index in [9.17, 15) is 22.7 Å². The second kappa shape index (κ2) is 8.53. The largest absolute Gasteiger partial charge is 0.508 e. The minimum absolute atomic E-state index is 0.178. The first-order valence-corrected chi connectivity index (χ1v) is 13.3. The van der Waals surface area contributed by atoms with Gasteiger partial charge in [-0.3, -0.25) is 4.90 Å². The van der Waals surface area contributed by atoms with Crippen molar-refractivity contribution in [1.29, 1.82) is 0 Å². The van der Waals surface area contributed by atoms with Gasteiger partial charge in [0.25, 0.3) is 10.0 Å². The van der Waals surface area contributed by atoms with Gasteiger partial charge >= 0.3 is 6.03 Å². The Kier molecular flexibility index (Phi) is 5.80. The predicted octanol–water partition coefficient (Wildman–Crippen LogP) is 3.13. The molecular weight excluding hydrogens is 457 g/mol. The van der Waals surface area contributed by atoms with Gasteiger partial charge in [-0.2, -0.15) is 0 Å². The molecule has 9 heteroatoms. The minimum Gasteiger partial charge on any atom is -0.508 e. The number of carbonyl (C=O) groups excluding carboxylic acids is 1. The minimum atomic E-state index is -4.09. The summed E-state index contributed by atoms with van der Waals surface area (Å²) in [5, 5.41) is 12.9. The number of nitrogens with one attached hydrogen (secondary N) is 2. The van der Waals surface area contributed by atoms with Crippen LogP contribution in [0.2, 0.25) is 0 Å². The van der Waals surface area contributed by atoms with Gasteiger partial charge in [-0.25, -0.2) is 22.3 Å². The molecule has 1 heterocycles. The van der Waals surface area contributed by atoms with Gasteiger partial charge in [-0.15, -0.1) is 0 Å². The van der Waals surface area contributed by atoms with Crippen LogP contribution in [0.3, 0.4) is 0 Å². The highest BCUT2D eigenvalue weighted by molar-refractivity contribution is 7.90. The van der Waals surface area contributed by atoms with Gasteiger partial charge in [0, 0.05) is 31.1 Å². The van der Waals surface area contributed by atoms with Gasteiger partial charge in [0.05, 0.1) is 4.90 Å². The quantitative estimate of drug-likeness (QED) is 0.557. The number of hydrogen-bond donors (Lipinski definition) is 3. The second-order valence-electron chi connectivity index (χ2n) is 10.00. The normalized spacial score (nSPS) is 26.2. The Hall–Kier alpha value is -2.65. The van der Waals surface area contributed by atoms with Crippen LogP contribution in [0.25, 0.3) is 0 Å². The van der Waals surface area contributed by atoms with E-state index >= 15 is 0 Å². The van der Waals surface area contributed by atoms with Crippen LogP contribution in [-0.2, 0) is 21.9 Å². The van der Waals surface area contributed by atoms with Crippen molar-refractivity contribution in [2.45, 2.75) is 49.0 Å². The molecule has 2 aliphatic carbocycles. The number of fused-ring (bicyclic) bond motifs is 4. The smallest absolute Gasteiger partial charge is 0.328 e. The maximum atomic E-state index is 13.1. The van der Waals surface area contributed by atoms with Crippen molar-refractivity contribution in [1.82, 2.24) is 14.9 Å². The molecule has 2 fully saturated rings. The molecule has 3 aliphatic rings. The van der Waals surface area contributed by atoms with E-state index in [0.717, 1.165) is 55.3 Å². The molecule has 182 valence electrons. The molecule has 3 atom stereocenters. The third kappa shape index (κ3) is 4.27. The predicted molar refractivity (Wildman–Crippen MR) is 125 cm³/mol. The number of nitrogens with zero attached hydrogens (tertiary/aromatic N) is 1. The van der Waals surface area contributed by atoms with Crippen molar-refractivity contribution in [3.63, 3.8) is 0 Å². The molecule has 34 heavy (non-hydrogen) atoms. The van der Waals surface area contributed by atoms with Gasteiger partial charge in [-0.1, -0.05) is 13.0 Å². The molecule has 5 rings (SSSR count). The van der Waals surface area contributed by atoms with Gasteiger partial charge in [-0.05, 0) is 85.0 Å². The Bertz CT molecular complexity index is 1200.